The summed E-state index contributed by atoms with van der Waals surface area (Å²) in [4.78, 5) is 24.2. The Labute approximate surface area is 152 Å². The number of amides is 2. The molecule has 1 aliphatic heterocycles. The first-order chi connectivity index (χ1) is 11.2. The molecule has 2 rings (SSSR count). The maximum absolute atomic E-state index is 12.2. The van der Waals surface area contributed by atoms with Gasteiger partial charge in [0.05, 0.1) is 11.4 Å². The Balaban J connectivity index is 2.01. The fraction of sp³-hybridized carbons (Fsp3) is 0.286. The van der Waals surface area contributed by atoms with E-state index in [0.29, 0.717) is 10.2 Å². The SMILES string of the molecule is CC(C)NS(=O)(=O)C1SC=C(NC(=O)Nc2ccccc2Br)C1=O. The lowest BCUT2D eigenvalue weighted by atomic mass is 10.3. The van der Waals surface area contributed by atoms with Crippen LogP contribution in [0, 0.1) is 0 Å². The number of ketones is 1. The van der Waals surface area contributed by atoms with Gasteiger partial charge < -0.3 is 10.6 Å². The summed E-state index contributed by atoms with van der Waals surface area (Å²) in [6.07, 6.45) is 0. The van der Waals surface area contributed by atoms with Crippen LogP contribution in [0.3, 0.4) is 0 Å². The molecule has 0 radical (unpaired) electrons. The number of hydrogen-bond donors (Lipinski definition) is 3. The molecule has 1 heterocycles. The second-order valence-electron chi connectivity index (χ2n) is 5.24. The normalized spacial score (nSPS) is 17.8. The van der Waals surface area contributed by atoms with Crippen molar-refractivity contribution in [3.8, 4) is 0 Å². The molecular formula is C14H16BrN3O4S2. The van der Waals surface area contributed by atoms with Crippen LogP contribution >= 0.6 is 27.7 Å². The van der Waals surface area contributed by atoms with Crippen molar-refractivity contribution in [3.05, 3.63) is 39.8 Å². The van der Waals surface area contributed by atoms with E-state index >= 15 is 0 Å². The maximum atomic E-state index is 12.2. The highest BCUT2D eigenvalue weighted by Crippen LogP contribution is 2.29. The molecule has 7 nitrogen and oxygen atoms in total. The zero-order valence-corrected chi connectivity index (χ0v) is 16.1. The molecule has 24 heavy (non-hydrogen) atoms. The van der Waals surface area contributed by atoms with Crippen molar-refractivity contribution in [2.75, 3.05) is 5.32 Å². The minimum absolute atomic E-state index is 0.0521. The van der Waals surface area contributed by atoms with Crippen LogP contribution in [-0.4, -0.2) is 30.9 Å². The van der Waals surface area contributed by atoms with Gasteiger partial charge in [0.25, 0.3) is 0 Å². The van der Waals surface area contributed by atoms with Crippen LogP contribution in [0.4, 0.5) is 10.5 Å². The van der Waals surface area contributed by atoms with Crippen molar-refractivity contribution in [1.29, 1.82) is 0 Å². The van der Waals surface area contributed by atoms with Crippen LogP contribution in [-0.2, 0) is 14.8 Å². The number of rotatable bonds is 5. The van der Waals surface area contributed by atoms with Gasteiger partial charge in [-0.1, -0.05) is 12.1 Å². The first kappa shape index (κ1) is 19.0. The number of carbonyl (C=O) groups is 2. The Morgan fingerprint density at radius 1 is 1.25 bits per heavy atom. The van der Waals surface area contributed by atoms with E-state index in [1.807, 2.05) is 0 Å². The van der Waals surface area contributed by atoms with E-state index < -0.39 is 26.4 Å². The summed E-state index contributed by atoms with van der Waals surface area (Å²) >= 11 is 4.14. The molecule has 3 N–H and O–H groups in total. The van der Waals surface area contributed by atoms with E-state index in [0.717, 1.165) is 11.8 Å². The van der Waals surface area contributed by atoms with Crippen LogP contribution in [0.5, 0.6) is 0 Å². The summed E-state index contributed by atoms with van der Waals surface area (Å²) in [5.41, 5.74) is 0.475. The van der Waals surface area contributed by atoms with E-state index in [9.17, 15) is 18.0 Å². The third-order valence-electron chi connectivity index (χ3n) is 2.84. The number of anilines is 1. The molecule has 0 bridgehead atoms. The average Bonchev–Trinajstić information content (AvgIpc) is 2.82. The number of nitrogens with one attached hydrogen (secondary N) is 3. The topological polar surface area (TPSA) is 104 Å². The molecule has 0 aromatic heterocycles. The predicted octanol–water partition coefficient (Wildman–Crippen LogP) is 2.38. The van der Waals surface area contributed by atoms with Crippen molar-refractivity contribution in [3.63, 3.8) is 0 Å². The van der Waals surface area contributed by atoms with E-state index in [1.165, 1.54) is 5.41 Å². The fourth-order valence-corrected chi connectivity index (χ4v) is 5.09. The van der Waals surface area contributed by atoms with Crippen LogP contribution in [0.15, 0.2) is 39.8 Å². The molecule has 10 heteroatoms. The number of hydrogen-bond acceptors (Lipinski definition) is 5. The number of benzene rings is 1. The number of halogens is 1. The van der Waals surface area contributed by atoms with Crippen molar-refractivity contribution in [1.82, 2.24) is 10.0 Å². The van der Waals surface area contributed by atoms with Crippen LogP contribution in [0.2, 0.25) is 0 Å². The highest BCUT2D eigenvalue weighted by atomic mass is 79.9. The van der Waals surface area contributed by atoms with Crippen LogP contribution < -0.4 is 15.4 Å². The molecule has 0 saturated heterocycles. The zero-order valence-electron chi connectivity index (χ0n) is 12.9. The zero-order chi connectivity index (χ0) is 17.9. The Kier molecular flexibility index (Phi) is 6.07. The van der Waals surface area contributed by atoms with Gasteiger partial charge >= 0.3 is 6.03 Å². The Morgan fingerprint density at radius 2 is 1.92 bits per heavy atom. The summed E-state index contributed by atoms with van der Waals surface area (Å²) in [6.45, 7) is 3.33. The van der Waals surface area contributed by atoms with Crippen molar-refractivity contribution in [2.24, 2.45) is 0 Å². The Morgan fingerprint density at radius 3 is 2.54 bits per heavy atom. The summed E-state index contributed by atoms with van der Waals surface area (Å²) in [7, 11) is -3.81. The molecule has 130 valence electrons. The van der Waals surface area contributed by atoms with Gasteiger partial charge in [-0.2, -0.15) is 0 Å². The minimum Gasteiger partial charge on any atom is -0.307 e. The molecule has 1 aromatic rings. The minimum atomic E-state index is -3.81. The van der Waals surface area contributed by atoms with Crippen molar-refractivity contribution >= 4 is 55.2 Å². The summed E-state index contributed by atoms with van der Waals surface area (Å²) < 4.78 is 26.0. The number of urea groups is 1. The second kappa shape index (κ2) is 7.68. The lowest BCUT2D eigenvalue weighted by molar-refractivity contribution is -0.113. The maximum Gasteiger partial charge on any atom is 0.323 e. The van der Waals surface area contributed by atoms with E-state index in [4.69, 9.17) is 0 Å². The lowest BCUT2D eigenvalue weighted by Gasteiger charge is -2.14. The lowest BCUT2D eigenvalue weighted by Crippen LogP contribution is -2.41. The van der Waals surface area contributed by atoms with Gasteiger partial charge in [0.1, 0.15) is 0 Å². The third kappa shape index (κ3) is 4.59. The molecule has 1 atom stereocenters. The number of thioether (sulfide) groups is 1. The Bertz CT molecular complexity index is 793. The van der Waals surface area contributed by atoms with Gasteiger partial charge in [0.15, 0.2) is 4.58 Å². The molecule has 0 fully saturated rings. The van der Waals surface area contributed by atoms with E-state index in [1.54, 1.807) is 38.1 Å². The highest BCUT2D eigenvalue weighted by molar-refractivity contribution is 9.10. The average molecular weight is 434 g/mol. The fourth-order valence-electron chi connectivity index (χ4n) is 1.91. The summed E-state index contributed by atoms with van der Waals surface area (Å²) in [5, 5.41) is 6.31. The van der Waals surface area contributed by atoms with Crippen LogP contribution in [0.1, 0.15) is 13.8 Å². The molecule has 0 spiro atoms. The molecule has 0 aliphatic carbocycles. The first-order valence-electron chi connectivity index (χ1n) is 6.94. The third-order valence-corrected chi connectivity index (χ3v) is 7.04. The first-order valence-corrected chi connectivity index (χ1v) is 10.2. The molecule has 2 amide bonds. The molecule has 1 aromatic carbocycles. The monoisotopic (exact) mass is 433 g/mol. The van der Waals surface area contributed by atoms with Crippen LogP contribution in [0.25, 0.3) is 0 Å². The number of allylic oxidation sites excluding steroid dienone is 1. The molecular weight excluding hydrogens is 418 g/mol. The van der Waals surface area contributed by atoms with Crippen molar-refractivity contribution < 1.29 is 18.0 Å². The van der Waals surface area contributed by atoms with Gasteiger partial charge in [-0.15, -0.1) is 11.8 Å². The highest BCUT2D eigenvalue weighted by Gasteiger charge is 2.39. The van der Waals surface area contributed by atoms with Gasteiger partial charge in [-0.25, -0.2) is 17.9 Å². The van der Waals surface area contributed by atoms with Crippen molar-refractivity contribution in [2.45, 2.75) is 24.5 Å². The van der Waals surface area contributed by atoms with E-state index in [-0.39, 0.29) is 11.7 Å². The molecule has 1 unspecified atom stereocenters. The summed E-state index contributed by atoms with van der Waals surface area (Å²) in [5.74, 6) is -0.657. The van der Waals surface area contributed by atoms with Gasteiger partial charge in [-0.05, 0) is 41.9 Å². The number of para-hydroxylation sites is 1. The standard InChI is InChI=1S/C14H16BrN3O4S2/c1-8(2)18-24(21,22)13-12(19)11(7-23-13)17-14(20)16-10-6-4-3-5-9(10)15/h3-8,13,18H,1-2H3,(H2,16,17,20). The quantitative estimate of drug-likeness (QED) is 0.660. The predicted molar refractivity (Wildman–Crippen MR) is 98.0 cm³/mol. The van der Waals surface area contributed by atoms with Gasteiger partial charge in [-0.3, -0.25) is 4.79 Å². The molecule has 0 saturated carbocycles. The Hall–Kier alpha value is -1.36. The number of carbonyl (C=O) groups excluding carboxylic acids is 2. The number of Topliss-reactive ketones (excluding diaryl/α,β-unsaturated/α-hetero) is 1. The van der Waals surface area contributed by atoms with Gasteiger partial charge in [0.2, 0.25) is 15.8 Å². The second-order valence-corrected chi connectivity index (χ2v) is 9.17. The smallest absolute Gasteiger partial charge is 0.307 e. The largest absolute Gasteiger partial charge is 0.323 e. The summed E-state index contributed by atoms with van der Waals surface area (Å²) in [6, 6.07) is 6.03. The number of sulfonamides is 1. The van der Waals surface area contributed by atoms with E-state index in [2.05, 4.69) is 31.3 Å². The van der Waals surface area contributed by atoms with Gasteiger partial charge in [0, 0.05) is 15.9 Å². The molecule has 1 aliphatic rings.